The Morgan fingerprint density at radius 3 is 2.76 bits per heavy atom. The molecule has 17 heavy (non-hydrogen) atoms. The molecule has 2 rings (SSSR count). The number of rotatable bonds is 2. The van der Waals surface area contributed by atoms with Gasteiger partial charge in [0.2, 0.25) is 0 Å². The van der Waals surface area contributed by atoms with Crippen LogP contribution in [0.3, 0.4) is 0 Å². The van der Waals surface area contributed by atoms with E-state index in [1.165, 1.54) is 18.0 Å². The highest BCUT2D eigenvalue weighted by Gasteiger charge is 2.25. The van der Waals surface area contributed by atoms with Crippen LogP contribution in [-0.2, 0) is 6.54 Å². The zero-order chi connectivity index (χ0) is 12.3. The predicted molar refractivity (Wildman–Crippen MR) is 71.9 cm³/mol. The number of likely N-dealkylation sites (tertiary alicyclic amines) is 1. The second-order valence-electron chi connectivity index (χ2n) is 4.91. The normalized spacial score (nSPS) is 24.6. The van der Waals surface area contributed by atoms with Gasteiger partial charge in [0.05, 0.1) is 0 Å². The van der Waals surface area contributed by atoms with Crippen LogP contribution in [0.5, 0.6) is 0 Å². The largest absolute Gasteiger partial charge is 0.384 e. The van der Waals surface area contributed by atoms with Crippen LogP contribution in [0, 0.1) is 23.7 Å². The summed E-state index contributed by atoms with van der Waals surface area (Å²) >= 11 is 1.76. The van der Waals surface area contributed by atoms with Crippen LogP contribution in [0.25, 0.3) is 0 Å². The molecule has 1 fully saturated rings. The molecule has 0 spiro atoms. The lowest BCUT2D eigenvalue weighted by molar-refractivity contribution is 0.319. The molecule has 1 aliphatic rings. The number of aliphatic hydroxyl groups excluding tert-OH is 1. The van der Waals surface area contributed by atoms with Gasteiger partial charge in [0.25, 0.3) is 0 Å². The van der Waals surface area contributed by atoms with Crippen molar-refractivity contribution in [2.24, 2.45) is 11.8 Å². The summed E-state index contributed by atoms with van der Waals surface area (Å²) < 4.78 is 0. The van der Waals surface area contributed by atoms with Gasteiger partial charge in [0.1, 0.15) is 6.61 Å². The molecular formula is C14H19NOS. The van der Waals surface area contributed by atoms with E-state index in [-0.39, 0.29) is 6.61 Å². The maximum atomic E-state index is 8.64. The number of hydrogen-bond acceptors (Lipinski definition) is 3. The molecule has 0 aliphatic carbocycles. The molecule has 3 heteroatoms. The van der Waals surface area contributed by atoms with Gasteiger partial charge in [0.15, 0.2) is 0 Å². The van der Waals surface area contributed by atoms with Gasteiger partial charge in [-0.25, -0.2) is 0 Å². The first-order valence-electron chi connectivity index (χ1n) is 6.08. The monoisotopic (exact) mass is 249 g/mol. The van der Waals surface area contributed by atoms with Crippen LogP contribution < -0.4 is 0 Å². The molecule has 0 saturated carbocycles. The molecule has 2 nitrogen and oxygen atoms in total. The van der Waals surface area contributed by atoms with E-state index in [2.05, 4.69) is 42.0 Å². The standard InChI is InChI=1S/C14H19NOS/c1-11-7-15(8-12(11)2)9-14-6-13(10-17-14)4-3-5-16/h6,10-12,16H,5,7-9H2,1-2H3. The minimum atomic E-state index is -0.0632. The van der Waals surface area contributed by atoms with Gasteiger partial charge in [-0.15, -0.1) is 11.3 Å². The first-order chi connectivity index (χ1) is 8.19. The number of thiophene rings is 1. The quantitative estimate of drug-likeness (QED) is 0.812. The van der Waals surface area contributed by atoms with Crippen LogP contribution in [0.2, 0.25) is 0 Å². The second-order valence-corrected chi connectivity index (χ2v) is 5.91. The molecule has 0 amide bonds. The van der Waals surface area contributed by atoms with Crippen molar-refractivity contribution in [3.05, 3.63) is 21.9 Å². The smallest absolute Gasteiger partial charge is 0.104 e. The van der Waals surface area contributed by atoms with Crippen molar-refractivity contribution in [2.45, 2.75) is 20.4 Å². The molecule has 92 valence electrons. The van der Waals surface area contributed by atoms with Gasteiger partial charge in [-0.2, -0.15) is 0 Å². The molecule has 1 aromatic rings. The van der Waals surface area contributed by atoms with E-state index in [1.807, 2.05) is 0 Å². The van der Waals surface area contributed by atoms with E-state index in [9.17, 15) is 0 Å². The van der Waals surface area contributed by atoms with Gasteiger partial charge in [-0.3, -0.25) is 4.90 Å². The zero-order valence-electron chi connectivity index (χ0n) is 10.4. The zero-order valence-corrected chi connectivity index (χ0v) is 11.3. The van der Waals surface area contributed by atoms with Crippen molar-refractivity contribution in [3.8, 4) is 11.8 Å². The van der Waals surface area contributed by atoms with Crippen molar-refractivity contribution in [3.63, 3.8) is 0 Å². The lowest BCUT2D eigenvalue weighted by Crippen LogP contribution is -2.19. The molecule has 2 unspecified atom stereocenters. The molecule has 2 heterocycles. The van der Waals surface area contributed by atoms with Gasteiger partial charge in [-0.05, 0) is 17.9 Å². The Morgan fingerprint density at radius 2 is 2.12 bits per heavy atom. The topological polar surface area (TPSA) is 23.5 Å². The summed E-state index contributed by atoms with van der Waals surface area (Å²) in [7, 11) is 0. The third kappa shape index (κ3) is 3.32. The van der Waals surface area contributed by atoms with Gasteiger partial charge >= 0.3 is 0 Å². The molecule has 0 bridgehead atoms. The summed E-state index contributed by atoms with van der Waals surface area (Å²) in [5.74, 6) is 7.25. The number of hydrogen-bond donors (Lipinski definition) is 1. The maximum Gasteiger partial charge on any atom is 0.104 e. The third-order valence-corrected chi connectivity index (χ3v) is 4.33. The minimum Gasteiger partial charge on any atom is -0.384 e. The molecule has 1 aromatic heterocycles. The van der Waals surface area contributed by atoms with Gasteiger partial charge < -0.3 is 5.11 Å². The predicted octanol–water partition coefficient (Wildman–Crippen LogP) is 2.18. The van der Waals surface area contributed by atoms with E-state index in [0.29, 0.717) is 0 Å². The average molecular weight is 249 g/mol. The minimum absolute atomic E-state index is 0.0632. The number of nitrogens with zero attached hydrogens (tertiary/aromatic N) is 1. The summed E-state index contributed by atoms with van der Waals surface area (Å²) in [5.41, 5.74) is 1.03. The lowest BCUT2D eigenvalue weighted by atomic mass is 10.0. The Labute approximate surface area is 107 Å². The second kappa shape index (κ2) is 5.68. The summed E-state index contributed by atoms with van der Waals surface area (Å²) in [4.78, 5) is 3.89. The SMILES string of the molecule is CC1CN(Cc2cc(C#CCO)cs2)CC1C. The third-order valence-electron chi connectivity index (χ3n) is 3.41. The van der Waals surface area contributed by atoms with Crippen LogP contribution in [0.1, 0.15) is 24.3 Å². The Balaban J connectivity index is 1.93. The highest BCUT2D eigenvalue weighted by atomic mass is 32.1. The van der Waals surface area contributed by atoms with Gasteiger partial charge in [0, 0.05) is 35.5 Å². The summed E-state index contributed by atoms with van der Waals surface area (Å²) in [6, 6.07) is 2.14. The average Bonchev–Trinajstić information content (AvgIpc) is 2.85. The molecule has 1 aliphatic heterocycles. The first-order valence-corrected chi connectivity index (χ1v) is 6.96. The molecule has 1 saturated heterocycles. The molecule has 0 radical (unpaired) electrons. The van der Waals surface area contributed by atoms with E-state index >= 15 is 0 Å². The molecule has 0 aromatic carbocycles. The fraction of sp³-hybridized carbons (Fsp3) is 0.571. The fourth-order valence-electron chi connectivity index (χ4n) is 2.27. The van der Waals surface area contributed by atoms with Crippen molar-refractivity contribution in [2.75, 3.05) is 19.7 Å². The molecule has 2 atom stereocenters. The lowest BCUT2D eigenvalue weighted by Gasteiger charge is -2.13. The van der Waals surface area contributed by atoms with Crippen LogP contribution >= 0.6 is 11.3 Å². The highest BCUT2D eigenvalue weighted by Crippen LogP contribution is 2.25. The van der Waals surface area contributed by atoms with Crippen LogP contribution in [-0.4, -0.2) is 29.7 Å². The summed E-state index contributed by atoms with van der Waals surface area (Å²) in [6.45, 7) is 8.05. The van der Waals surface area contributed by atoms with E-state index in [0.717, 1.165) is 23.9 Å². The Bertz CT molecular complexity index is 419. The van der Waals surface area contributed by atoms with E-state index < -0.39 is 0 Å². The Kier molecular flexibility index (Phi) is 4.22. The number of aliphatic hydroxyl groups is 1. The first kappa shape index (κ1) is 12.6. The maximum absolute atomic E-state index is 8.64. The van der Waals surface area contributed by atoms with Gasteiger partial charge in [-0.1, -0.05) is 25.7 Å². The van der Waals surface area contributed by atoms with Crippen molar-refractivity contribution in [1.29, 1.82) is 0 Å². The molecule has 1 N–H and O–H groups in total. The van der Waals surface area contributed by atoms with Crippen molar-refractivity contribution in [1.82, 2.24) is 4.90 Å². The Hall–Kier alpha value is -0.820. The van der Waals surface area contributed by atoms with E-state index in [1.54, 1.807) is 11.3 Å². The molecular weight excluding hydrogens is 230 g/mol. The van der Waals surface area contributed by atoms with Crippen molar-refractivity contribution < 1.29 is 5.11 Å². The summed E-state index contributed by atoms with van der Waals surface area (Å²) in [5, 5.41) is 10.7. The highest BCUT2D eigenvalue weighted by molar-refractivity contribution is 7.10. The van der Waals surface area contributed by atoms with Crippen LogP contribution in [0.15, 0.2) is 11.4 Å². The summed E-state index contributed by atoms with van der Waals surface area (Å²) in [6.07, 6.45) is 0. The Morgan fingerprint density at radius 1 is 1.41 bits per heavy atom. The van der Waals surface area contributed by atoms with E-state index in [4.69, 9.17) is 5.11 Å². The van der Waals surface area contributed by atoms with Crippen molar-refractivity contribution >= 4 is 11.3 Å². The van der Waals surface area contributed by atoms with Crippen LogP contribution in [0.4, 0.5) is 0 Å². The fourth-order valence-corrected chi connectivity index (χ4v) is 3.13.